The lowest BCUT2D eigenvalue weighted by Gasteiger charge is -2.52. The highest BCUT2D eigenvalue weighted by atomic mass is 16.5. The second-order valence-electron chi connectivity index (χ2n) is 10.6. The number of carbonyl (C=O) groups is 2. The monoisotopic (exact) mass is 454 g/mol. The predicted octanol–water partition coefficient (Wildman–Crippen LogP) is 4.30. The van der Waals surface area contributed by atoms with Gasteiger partial charge in [-0.2, -0.15) is 0 Å². The number of nitrogens with one attached hydrogen (secondary N) is 1. The van der Waals surface area contributed by atoms with Crippen molar-refractivity contribution in [2.45, 2.75) is 70.8 Å². The zero-order chi connectivity index (χ0) is 22.9. The van der Waals surface area contributed by atoms with Crippen molar-refractivity contribution < 1.29 is 23.3 Å². The fraction of sp³-hybridized carbons (Fsp3) is 0.654. The molecule has 1 atom stereocenters. The number of nitrogens with zero attached hydrogens (tertiary/aromatic N) is 2. The molecule has 1 aromatic heterocycles. The summed E-state index contributed by atoms with van der Waals surface area (Å²) in [5.41, 5.74) is 0.779. The lowest BCUT2D eigenvalue weighted by atomic mass is 9.73. The summed E-state index contributed by atoms with van der Waals surface area (Å²) < 4.78 is 12.1. The predicted molar refractivity (Wildman–Crippen MR) is 124 cm³/mol. The first-order valence-corrected chi connectivity index (χ1v) is 12.6. The molecule has 4 heterocycles. The minimum atomic E-state index is -0.459. The van der Waals surface area contributed by atoms with Crippen LogP contribution in [0.25, 0.3) is 0 Å². The normalized spacial score (nSPS) is 30.5. The van der Waals surface area contributed by atoms with Gasteiger partial charge in [-0.25, -0.2) is 0 Å². The van der Waals surface area contributed by atoms with E-state index >= 15 is 0 Å². The average molecular weight is 455 g/mol. The third-order valence-corrected chi connectivity index (χ3v) is 8.41. The van der Waals surface area contributed by atoms with Gasteiger partial charge in [-0.1, -0.05) is 49.1 Å². The van der Waals surface area contributed by atoms with Crippen LogP contribution in [-0.2, 0) is 14.3 Å². The highest BCUT2D eigenvalue weighted by Gasteiger charge is 2.51. The molecule has 7 heteroatoms. The van der Waals surface area contributed by atoms with E-state index in [4.69, 9.17) is 9.26 Å². The number of hydrogen-bond donors (Lipinski definition) is 1. The van der Waals surface area contributed by atoms with Crippen LogP contribution in [0.5, 0.6) is 0 Å². The molecule has 2 bridgehead atoms. The van der Waals surface area contributed by atoms with E-state index in [1.54, 1.807) is 13.0 Å². The Morgan fingerprint density at radius 2 is 1.97 bits per heavy atom. The van der Waals surface area contributed by atoms with Crippen molar-refractivity contribution in [2.24, 2.45) is 11.3 Å². The van der Waals surface area contributed by atoms with Gasteiger partial charge in [0.15, 0.2) is 18.5 Å². The zero-order valence-corrected chi connectivity index (χ0v) is 19.7. The maximum absolute atomic E-state index is 13.8. The second-order valence-corrected chi connectivity index (χ2v) is 10.6. The Morgan fingerprint density at radius 3 is 2.61 bits per heavy atom. The number of fused-ring (bicyclic) bond motifs is 3. The fourth-order valence-corrected chi connectivity index (χ4v) is 6.53. The molecule has 3 aliphatic heterocycles. The maximum atomic E-state index is 13.8. The number of rotatable bonds is 6. The number of hydrogen-bond acceptors (Lipinski definition) is 5. The largest absolute Gasteiger partial charge is 0.455 e. The number of ether oxygens (including phenoxy) is 1. The van der Waals surface area contributed by atoms with E-state index in [1.807, 2.05) is 0 Å². The average Bonchev–Trinajstić information content (AvgIpc) is 3.41. The summed E-state index contributed by atoms with van der Waals surface area (Å²) in [5, 5.41) is 6.73. The van der Waals surface area contributed by atoms with Gasteiger partial charge in [0.1, 0.15) is 12.3 Å². The van der Waals surface area contributed by atoms with E-state index in [0.717, 1.165) is 64.6 Å². The van der Waals surface area contributed by atoms with Crippen LogP contribution in [0.4, 0.5) is 5.82 Å². The molecule has 178 valence electrons. The van der Waals surface area contributed by atoms with Gasteiger partial charge in [0.25, 0.3) is 5.91 Å². The summed E-state index contributed by atoms with van der Waals surface area (Å²) in [6.07, 6.45) is 15.5. The van der Waals surface area contributed by atoms with Crippen molar-refractivity contribution in [3.8, 4) is 0 Å². The molecular formula is C26H36N3O4+. The number of aromatic nitrogens is 1. The second kappa shape index (κ2) is 9.09. The molecule has 1 amide bonds. The molecule has 1 N–H and O–H groups in total. The standard InChI is InChI=1S/C26H35N3O4/c1-19-16-23(28-33-19)27-24(30)18-29-14-10-20(11-15-29)22(17-29)32-25(31)26(21-8-4-5-9-21)12-6-2-3-7-13-26/h4-5,8,16,20,22H,2-3,6-7,9-15,17-18H2,1H3/p+1/t20?,22-,29?/m0/s1. The Kier molecular flexibility index (Phi) is 6.16. The van der Waals surface area contributed by atoms with Gasteiger partial charge < -0.3 is 19.1 Å². The van der Waals surface area contributed by atoms with Crippen LogP contribution in [-0.4, -0.2) is 53.8 Å². The number of amides is 1. The van der Waals surface area contributed by atoms with Gasteiger partial charge in [-0.05, 0) is 31.8 Å². The molecule has 5 aliphatic rings. The molecule has 4 fully saturated rings. The third-order valence-electron chi connectivity index (χ3n) is 8.41. The lowest BCUT2D eigenvalue weighted by molar-refractivity contribution is -0.939. The van der Waals surface area contributed by atoms with Crippen molar-refractivity contribution in [2.75, 3.05) is 31.5 Å². The molecule has 6 rings (SSSR count). The Hall–Kier alpha value is -2.41. The van der Waals surface area contributed by atoms with Crippen LogP contribution in [0.1, 0.15) is 63.5 Å². The van der Waals surface area contributed by atoms with Crippen molar-refractivity contribution in [3.05, 3.63) is 35.6 Å². The maximum Gasteiger partial charge on any atom is 0.316 e. The molecule has 0 aromatic carbocycles. The molecule has 0 radical (unpaired) electrons. The topological polar surface area (TPSA) is 81.4 Å². The van der Waals surface area contributed by atoms with Gasteiger partial charge in [-0.15, -0.1) is 0 Å². The summed E-state index contributed by atoms with van der Waals surface area (Å²) in [6.45, 7) is 4.84. The van der Waals surface area contributed by atoms with Crippen LogP contribution in [0, 0.1) is 18.3 Å². The van der Waals surface area contributed by atoms with E-state index in [0.29, 0.717) is 28.5 Å². The molecule has 1 saturated carbocycles. The van der Waals surface area contributed by atoms with Crippen molar-refractivity contribution in [1.29, 1.82) is 0 Å². The Morgan fingerprint density at radius 1 is 1.21 bits per heavy atom. The van der Waals surface area contributed by atoms with E-state index in [1.165, 1.54) is 18.4 Å². The molecule has 0 unspecified atom stereocenters. The summed E-state index contributed by atoms with van der Waals surface area (Å²) in [4.78, 5) is 26.6. The summed E-state index contributed by atoms with van der Waals surface area (Å²) >= 11 is 0. The van der Waals surface area contributed by atoms with Gasteiger partial charge >= 0.3 is 5.97 Å². The van der Waals surface area contributed by atoms with E-state index in [-0.39, 0.29) is 18.0 Å². The summed E-state index contributed by atoms with van der Waals surface area (Å²) in [5.74, 6) is 1.46. The number of esters is 1. The number of quaternary nitrogens is 1. The molecule has 2 aliphatic carbocycles. The minimum absolute atomic E-state index is 0.0150. The van der Waals surface area contributed by atoms with Crippen molar-refractivity contribution >= 4 is 17.7 Å². The molecule has 33 heavy (non-hydrogen) atoms. The van der Waals surface area contributed by atoms with Crippen LogP contribution < -0.4 is 5.32 Å². The van der Waals surface area contributed by atoms with Crippen LogP contribution in [0.3, 0.4) is 0 Å². The van der Waals surface area contributed by atoms with Gasteiger partial charge in [0.05, 0.1) is 18.5 Å². The first kappa shape index (κ1) is 22.4. The van der Waals surface area contributed by atoms with Crippen molar-refractivity contribution in [3.63, 3.8) is 0 Å². The number of piperidine rings is 3. The zero-order valence-electron chi connectivity index (χ0n) is 19.7. The van der Waals surface area contributed by atoms with E-state index in [2.05, 4.69) is 28.7 Å². The minimum Gasteiger partial charge on any atom is -0.455 e. The van der Waals surface area contributed by atoms with E-state index < -0.39 is 5.41 Å². The lowest BCUT2D eigenvalue weighted by Crippen LogP contribution is -2.66. The SMILES string of the molecule is Cc1cc(NC(=O)C[N+]23CCC(CC2)[C@@H](OC(=O)C2(C4=CC=CC4)CCCCCC2)C3)no1. The van der Waals surface area contributed by atoms with Crippen molar-refractivity contribution in [1.82, 2.24) is 5.16 Å². The van der Waals surface area contributed by atoms with Crippen LogP contribution in [0.15, 0.2) is 34.4 Å². The molecule has 3 saturated heterocycles. The number of allylic oxidation sites excluding steroid dienone is 3. The van der Waals surface area contributed by atoms with Crippen LogP contribution >= 0.6 is 0 Å². The number of carbonyl (C=O) groups excluding carboxylic acids is 2. The third kappa shape index (κ3) is 4.52. The smallest absolute Gasteiger partial charge is 0.316 e. The molecule has 0 spiro atoms. The van der Waals surface area contributed by atoms with E-state index in [9.17, 15) is 9.59 Å². The Labute approximate surface area is 195 Å². The van der Waals surface area contributed by atoms with Crippen LogP contribution in [0.2, 0.25) is 0 Å². The number of anilines is 1. The van der Waals surface area contributed by atoms with Gasteiger partial charge in [-0.3, -0.25) is 9.59 Å². The molecule has 1 aromatic rings. The highest BCUT2D eigenvalue weighted by molar-refractivity contribution is 5.90. The number of aryl methyl sites for hydroxylation is 1. The van der Waals surface area contributed by atoms with Gasteiger partial charge in [0, 0.05) is 24.8 Å². The quantitative estimate of drug-likeness (QED) is 0.394. The first-order chi connectivity index (χ1) is 16.0. The van der Waals surface area contributed by atoms with Gasteiger partial charge in [0.2, 0.25) is 0 Å². The summed E-state index contributed by atoms with van der Waals surface area (Å²) in [7, 11) is 0. The highest BCUT2D eigenvalue weighted by Crippen LogP contribution is 2.46. The first-order valence-electron chi connectivity index (χ1n) is 12.6. The molecule has 7 nitrogen and oxygen atoms in total. The fourth-order valence-electron chi connectivity index (χ4n) is 6.53. The molecular weight excluding hydrogens is 418 g/mol. The summed E-state index contributed by atoms with van der Waals surface area (Å²) in [6, 6.07) is 1.73. The Balaban J connectivity index is 1.27. The Bertz CT molecular complexity index is 946.